The fourth-order valence-electron chi connectivity index (χ4n) is 2.13. The van der Waals surface area contributed by atoms with Crippen LogP contribution in [-0.4, -0.2) is 21.1 Å². The molecule has 5 nitrogen and oxygen atoms in total. The van der Waals surface area contributed by atoms with Gasteiger partial charge >= 0.3 is 0 Å². The Balaban J connectivity index is 1.56. The monoisotopic (exact) mass is 326 g/mol. The Morgan fingerprint density at radius 2 is 2.14 bits per heavy atom. The molecule has 0 radical (unpaired) electrons. The molecule has 3 heterocycles. The van der Waals surface area contributed by atoms with Crippen LogP contribution in [0.5, 0.6) is 0 Å². The smallest absolute Gasteiger partial charge is 0.276 e. The van der Waals surface area contributed by atoms with Gasteiger partial charge in [-0.2, -0.15) is 5.10 Å². The number of anilines is 1. The number of amides is 1. The van der Waals surface area contributed by atoms with E-state index in [-0.39, 0.29) is 5.91 Å². The predicted molar refractivity (Wildman–Crippen MR) is 89.5 cm³/mol. The first-order chi connectivity index (χ1) is 10.8. The van der Waals surface area contributed by atoms with Crippen molar-refractivity contribution in [3.63, 3.8) is 0 Å². The number of aromatic amines is 1. The van der Waals surface area contributed by atoms with Gasteiger partial charge in [0.25, 0.3) is 5.91 Å². The Morgan fingerprint density at radius 3 is 3.00 bits per heavy atom. The van der Waals surface area contributed by atoms with Crippen LogP contribution in [0.2, 0.25) is 0 Å². The van der Waals surface area contributed by atoms with Crippen molar-refractivity contribution in [3.05, 3.63) is 53.0 Å². The first kappa shape index (κ1) is 13.2. The van der Waals surface area contributed by atoms with Crippen LogP contribution < -0.4 is 5.32 Å². The Kier molecular flexibility index (Phi) is 3.21. The van der Waals surface area contributed by atoms with Crippen LogP contribution in [0.1, 0.15) is 10.5 Å². The molecular weight excluding hydrogens is 316 g/mol. The summed E-state index contributed by atoms with van der Waals surface area (Å²) >= 11 is 3.17. The quantitative estimate of drug-likeness (QED) is 0.598. The first-order valence-corrected chi connectivity index (χ1v) is 8.29. The molecule has 0 fully saturated rings. The molecule has 4 rings (SSSR count). The number of H-pyrrole nitrogens is 1. The third-order valence-corrected chi connectivity index (χ3v) is 4.90. The maximum absolute atomic E-state index is 12.3. The van der Waals surface area contributed by atoms with Gasteiger partial charge in [0, 0.05) is 5.69 Å². The molecule has 0 bridgehead atoms. The van der Waals surface area contributed by atoms with Crippen molar-refractivity contribution >= 4 is 44.5 Å². The van der Waals surface area contributed by atoms with E-state index in [4.69, 9.17) is 0 Å². The second-order valence-electron chi connectivity index (χ2n) is 4.63. The molecule has 0 saturated carbocycles. The van der Waals surface area contributed by atoms with Gasteiger partial charge in [0.2, 0.25) is 0 Å². The number of nitrogens with one attached hydrogen (secondary N) is 2. The maximum Gasteiger partial charge on any atom is 0.276 e. The van der Waals surface area contributed by atoms with Crippen molar-refractivity contribution in [3.8, 4) is 10.6 Å². The molecule has 108 valence electrons. The summed E-state index contributed by atoms with van der Waals surface area (Å²) in [5.41, 5.74) is 4.59. The normalized spacial score (nSPS) is 10.9. The van der Waals surface area contributed by atoms with Crippen LogP contribution in [0, 0.1) is 0 Å². The van der Waals surface area contributed by atoms with Crippen molar-refractivity contribution in [2.75, 3.05) is 5.32 Å². The van der Waals surface area contributed by atoms with Gasteiger partial charge in [0.05, 0.1) is 26.3 Å². The molecule has 0 unspecified atom stereocenters. The van der Waals surface area contributed by atoms with Crippen molar-refractivity contribution in [1.29, 1.82) is 0 Å². The molecule has 4 aromatic rings. The number of thiophene rings is 1. The van der Waals surface area contributed by atoms with Crippen molar-refractivity contribution < 1.29 is 4.79 Å². The lowest BCUT2D eigenvalue weighted by Gasteiger charge is -2.02. The van der Waals surface area contributed by atoms with Gasteiger partial charge < -0.3 is 5.32 Å². The highest BCUT2D eigenvalue weighted by Gasteiger charge is 2.12. The summed E-state index contributed by atoms with van der Waals surface area (Å²) in [4.78, 5) is 17.6. The second kappa shape index (κ2) is 5.36. The van der Waals surface area contributed by atoms with E-state index in [0.29, 0.717) is 11.4 Å². The highest BCUT2D eigenvalue weighted by Crippen LogP contribution is 2.24. The van der Waals surface area contributed by atoms with Crippen molar-refractivity contribution in [1.82, 2.24) is 15.2 Å². The topological polar surface area (TPSA) is 70.7 Å². The Morgan fingerprint density at radius 1 is 1.18 bits per heavy atom. The third-order valence-electron chi connectivity index (χ3n) is 3.19. The number of carbonyl (C=O) groups excluding carboxylic acids is 1. The van der Waals surface area contributed by atoms with E-state index in [1.54, 1.807) is 34.3 Å². The molecule has 0 aliphatic rings. The van der Waals surface area contributed by atoms with E-state index < -0.39 is 0 Å². The van der Waals surface area contributed by atoms with E-state index >= 15 is 0 Å². The van der Waals surface area contributed by atoms with Crippen molar-refractivity contribution in [2.24, 2.45) is 0 Å². The number of hydrogen-bond acceptors (Lipinski definition) is 5. The molecule has 1 aromatic carbocycles. The highest BCUT2D eigenvalue weighted by atomic mass is 32.1. The standard InChI is InChI=1S/C15H10N4OS2/c20-15(12-7-11(18-19-12)13-2-1-5-21-13)17-9-3-4-14-10(6-9)16-8-22-14/h1-8H,(H,17,20)(H,18,19). The minimum Gasteiger partial charge on any atom is -0.321 e. The molecule has 3 aromatic heterocycles. The van der Waals surface area contributed by atoms with Crippen molar-refractivity contribution in [2.45, 2.75) is 0 Å². The molecule has 1 amide bonds. The molecule has 0 saturated heterocycles. The number of benzene rings is 1. The lowest BCUT2D eigenvalue weighted by atomic mass is 10.2. The zero-order valence-corrected chi connectivity index (χ0v) is 12.9. The third kappa shape index (κ3) is 2.40. The van der Waals surface area contributed by atoms with Gasteiger partial charge in [0.15, 0.2) is 5.69 Å². The summed E-state index contributed by atoms with van der Waals surface area (Å²) < 4.78 is 1.10. The highest BCUT2D eigenvalue weighted by molar-refractivity contribution is 7.16. The van der Waals surface area contributed by atoms with Gasteiger partial charge in [-0.15, -0.1) is 22.7 Å². The van der Waals surface area contributed by atoms with E-state index in [0.717, 1.165) is 20.8 Å². The minimum absolute atomic E-state index is 0.242. The SMILES string of the molecule is O=C(Nc1ccc2scnc2c1)c1cc(-c2cccs2)[nH]n1. The van der Waals surface area contributed by atoms with Crippen LogP contribution in [0.15, 0.2) is 47.3 Å². The van der Waals surface area contributed by atoms with Gasteiger partial charge in [0.1, 0.15) is 0 Å². The molecule has 0 aliphatic heterocycles. The molecular formula is C15H10N4OS2. The lowest BCUT2D eigenvalue weighted by Crippen LogP contribution is -2.12. The maximum atomic E-state index is 12.3. The minimum atomic E-state index is -0.242. The van der Waals surface area contributed by atoms with E-state index in [1.165, 1.54) is 0 Å². The molecule has 7 heteroatoms. The second-order valence-corrected chi connectivity index (χ2v) is 6.47. The van der Waals surface area contributed by atoms with Crippen LogP contribution in [0.25, 0.3) is 20.8 Å². The van der Waals surface area contributed by atoms with Crippen LogP contribution in [0.3, 0.4) is 0 Å². The lowest BCUT2D eigenvalue weighted by molar-refractivity contribution is 0.102. The zero-order chi connectivity index (χ0) is 14.9. The number of carbonyl (C=O) groups is 1. The molecule has 22 heavy (non-hydrogen) atoms. The molecule has 0 spiro atoms. The fraction of sp³-hybridized carbons (Fsp3) is 0. The average Bonchev–Trinajstić information content (AvgIpc) is 3.26. The first-order valence-electron chi connectivity index (χ1n) is 6.53. The number of thiazole rings is 1. The summed E-state index contributed by atoms with van der Waals surface area (Å²) in [5, 5.41) is 11.8. The average molecular weight is 326 g/mol. The van der Waals surface area contributed by atoms with Gasteiger partial charge in [-0.1, -0.05) is 6.07 Å². The van der Waals surface area contributed by atoms with Crippen LogP contribution >= 0.6 is 22.7 Å². The zero-order valence-electron chi connectivity index (χ0n) is 11.2. The van der Waals surface area contributed by atoms with E-state index in [9.17, 15) is 4.79 Å². The number of rotatable bonds is 3. The van der Waals surface area contributed by atoms with Crippen LogP contribution in [0.4, 0.5) is 5.69 Å². The summed E-state index contributed by atoms with van der Waals surface area (Å²) in [5.74, 6) is -0.242. The largest absolute Gasteiger partial charge is 0.321 e. The summed E-state index contributed by atoms with van der Waals surface area (Å²) in [6.45, 7) is 0. The molecule has 0 aliphatic carbocycles. The summed E-state index contributed by atoms with van der Waals surface area (Å²) in [7, 11) is 0. The number of nitrogens with zero attached hydrogens (tertiary/aromatic N) is 2. The van der Waals surface area contributed by atoms with E-state index in [2.05, 4.69) is 20.5 Å². The van der Waals surface area contributed by atoms with Gasteiger partial charge in [-0.05, 0) is 35.7 Å². The predicted octanol–water partition coefficient (Wildman–Crippen LogP) is 4.00. The Hall–Kier alpha value is -2.51. The molecule has 0 atom stereocenters. The Labute approximate surface area is 133 Å². The number of fused-ring (bicyclic) bond motifs is 1. The summed E-state index contributed by atoms with van der Waals surface area (Å²) in [6, 6.07) is 11.4. The van der Waals surface area contributed by atoms with E-state index in [1.807, 2.05) is 35.7 Å². The van der Waals surface area contributed by atoms with Gasteiger partial charge in [-0.3, -0.25) is 9.89 Å². The van der Waals surface area contributed by atoms with Gasteiger partial charge in [-0.25, -0.2) is 4.98 Å². The number of aromatic nitrogens is 3. The summed E-state index contributed by atoms with van der Waals surface area (Å²) in [6.07, 6.45) is 0. The van der Waals surface area contributed by atoms with Crippen LogP contribution in [-0.2, 0) is 0 Å². The molecule has 2 N–H and O–H groups in total. The number of hydrogen-bond donors (Lipinski definition) is 2. The Bertz CT molecular complexity index is 939. The fourth-order valence-corrected chi connectivity index (χ4v) is 3.48.